The number of allylic oxidation sites excluding steroid dienone is 3. The maximum Gasteiger partial charge on any atom is 0.228 e. The molecule has 0 N–H and O–H groups in total. The first-order chi connectivity index (χ1) is 11.5. The molecule has 1 aromatic carbocycles. The molecule has 128 valence electrons. The molecule has 0 saturated carbocycles. The number of thioether (sulfide) groups is 1. The molecule has 0 bridgehead atoms. The summed E-state index contributed by atoms with van der Waals surface area (Å²) in [7, 11) is 0. The first kappa shape index (κ1) is 18.7. The van der Waals surface area contributed by atoms with E-state index in [1.807, 2.05) is 30.4 Å². The van der Waals surface area contributed by atoms with Crippen LogP contribution in [0.1, 0.15) is 52.4 Å². The summed E-state index contributed by atoms with van der Waals surface area (Å²) >= 11 is 1.78. The average Bonchev–Trinajstić information content (AvgIpc) is 2.59. The summed E-state index contributed by atoms with van der Waals surface area (Å²) in [6.45, 7) is 4.29. The fourth-order valence-corrected chi connectivity index (χ4v) is 3.84. The topological polar surface area (TPSA) is 34.1 Å². The highest BCUT2D eigenvalue weighted by Crippen LogP contribution is 2.39. The molecule has 0 fully saturated rings. The zero-order chi connectivity index (χ0) is 17.4. The monoisotopic (exact) mass is 342 g/mol. The van der Waals surface area contributed by atoms with E-state index in [0.717, 1.165) is 32.1 Å². The summed E-state index contributed by atoms with van der Waals surface area (Å²) in [6, 6.07) is 10.2. The van der Waals surface area contributed by atoms with Crippen molar-refractivity contribution in [1.82, 2.24) is 0 Å². The van der Waals surface area contributed by atoms with E-state index < -0.39 is 0 Å². The number of benzene rings is 1. The van der Waals surface area contributed by atoms with Crippen molar-refractivity contribution in [2.24, 2.45) is 0 Å². The molecule has 0 aliphatic heterocycles. The van der Waals surface area contributed by atoms with Crippen LogP contribution in [0.4, 0.5) is 0 Å². The molecule has 1 atom stereocenters. The Hall–Kier alpha value is -1.61. The van der Waals surface area contributed by atoms with E-state index in [1.165, 1.54) is 4.90 Å². The molecule has 0 amide bonds. The fraction of sp³-hybridized carbons (Fsp3) is 0.429. The van der Waals surface area contributed by atoms with Gasteiger partial charge in [-0.3, -0.25) is 9.59 Å². The van der Waals surface area contributed by atoms with Crippen molar-refractivity contribution in [2.75, 3.05) is 0 Å². The lowest BCUT2D eigenvalue weighted by Crippen LogP contribution is -2.22. The van der Waals surface area contributed by atoms with Crippen LogP contribution in [0.25, 0.3) is 0 Å². The molecule has 0 radical (unpaired) electrons. The number of carbonyl (C=O) groups is 2. The van der Waals surface area contributed by atoms with Crippen LogP contribution in [-0.2, 0) is 9.59 Å². The Kier molecular flexibility index (Phi) is 7.04. The highest BCUT2D eigenvalue weighted by molar-refractivity contribution is 8.00. The molecule has 0 heterocycles. The Morgan fingerprint density at radius 3 is 2.50 bits per heavy atom. The Balaban J connectivity index is 1.89. The van der Waals surface area contributed by atoms with Crippen LogP contribution >= 0.6 is 11.8 Å². The fourth-order valence-electron chi connectivity index (χ4n) is 2.70. The van der Waals surface area contributed by atoms with Crippen LogP contribution in [0.5, 0.6) is 0 Å². The molecular formula is C21H26O2S. The minimum Gasteiger partial charge on any atom is -0.290 e. The largest absolute Gasteiger partial charge is 0.290 e. The molecule has 2 rings (SSSR count). The van der Waals surface area contributed by atoms with Gasteiger partial charge in [0.1, 0.15) is 0 Å². The standard InChI is InChI=1S/C21H26O2S/c1-3-4-5-9-12-19(22)20(23)17-13-15-21(2,16-14-17)24-18-10-7-6-8-11-18/h6-8,10-11,13-15H,3-5,9,12,16H2,1-2H3. The van der Waals surface area contributed by atoms with Crippen LogP contribution in [0.3, 0.4) is 0 Å². The minimum atomic E-state index is -0.325. The Bertz CT molecular complexity index is 630. The molecule has 0 aromatic heterocycles. The van der Waals surface area contributed by atoms with Gasteiger partial charge in [0.05, 0.1) is 0 Å². The van der Waals surface area contributed by atoms with Crippen molar-refractivity contribution in [1.29, 1.82) is 0 Å². The van der Waals surface area contributed by atoms with Gasteiger partial charge in [-0.25, -0.2) is 0 Å². The van der Waals surface area contributed by atoms with Crippen LogP contribution < -0.4 is 0 Å². The molecule has 3 heteroatoms. The Morgan fingerprint density at radius 2 is 1.88 bits per heavy atom. The quantitative estimate of drug-likeness (QED) is 0.437. The van der Waals surface area contributed by atoms with E-state index in [2.05, 4.69) is 32.1 Å². The highest BCUT2D eigenvalue weighted by Gasteiger charge is 2.27. The molecule has 2 nitrogen and oxygen atoms in total. The van der Waals surface area contributed by atoms with Crippen molar-refractivity contribution in [3.63, 3.8) is 0 Å². The van der Waals surface area contributed by atoms with Gasteiger partial charge in [0.15, 0.2) is 0 Å². The van der Waals surface area contributed by atoms with Gasteiger partial charge in [0.2, 0.25) is 11.6 Å². The number of ketones is 2. The van der Waals surface area contributed by atoms with E-state index in [4.69, 9.17) is 0 Å². The summed E-state index contributed by atoms with van der Waals surface area (Å²) in [6.07, 6.45) is 11.0. The van der Waals surface area contributed by atoms with Crippen molar-refractivity contribution in [2.45, 2.75) is 62.0 Å². The predicted molar refractivity (Wildman–Crippen MR) is 101 cm³/mol. The number of rotatable bonds is 9. The predicted octanol–water partition coefficient (Wildman–Crippen LogP) is 5.53. The van der Waals surface area contributed by atoms with Crippen molar-refractivity contribution >= 4 is 23.3 Å². The smallest absolute Gasteiger partial charge is 0.228 e. The summed E-state index contributed by atoms with van der Waals surface area (Å²) in [5.41, 5.74) is 0.557. The second-order valence-corrected chi connectivity index (χ2v) is 8.10. The number of Topliss-reactive ketones (excluding diaryl/α,β-unsaturated/α-hetero) is 2. The van der Waals surface area contributed by atoms with Crippen LogP contribution in [0.15, 0.2) is 59.0 Å². The molecule has 24 heavy (non-hydrogen) atoms. The van der Waals surface area contributed by atoms with Gasteiger partial charge in [-0.2, -0.15) is 0 Å². The molecule has 1 aliphatic carbocycles. The van der Waals surface area contributed by atoms with Crippen molar-refractivity contribution in [3.8, 4) is 0 Å². The molecule has 0 saturated heterocycles. The number of carbonyl (C=O) groups excluding carboxylic acids is 2. The first-order valence-electron chi connectivity index (χ1n) is 8.75. The van der Waals surface area contributed by atoms with Crippen LogP contribution in [0, 0.1) is 0 Å². The first-order valence-corrected chi connectivity index (χ1v) is 9.57. The lowest BCUT2D eigenvalue weighted by atomic mass is 9.93. The van der Waals surface area contributed by atoms with Crippen molar-refractivity contribution < 1.29 is 9.59 Å². The van der Waals surface area contributed by atoms with Gasteiger partial charge >= 0.3 is 0 Å². The Labute approximate surface area is 149 Å². The lowest BCUT2D eigenvalue weighted by Gasteiger charge is -2.27. The van der Waals surface area contributed by atoms with E-state index in [1.54, 1.807) is 11.8 Å². The zero-order valence-electron chi connectivity index (χ0n) is 14.6. The molecule has 1 aliphatic rings. The minimum absolute atomic E-state index is 0.0741. The second kappa shape index (κ2) is 9.03. The van der Waals surface area contributed by atoms with E-state index in [9.17, 15) is 9.59 Å². The summed E-state index contributed by atoms with van der Waals surface area (Å²) < 4.78 is -0.0741. The van der Waals surface area contributed by atoms with Crippen molar-refractivity contribution in [3.05, 3.63) is 54.1 Å². The number of unbranched alkanes of at least 4 members (excludes halogenated alkanes) is 3. The number of hydrogen-bond acceptors (Lipinski definition) is 3. The van der Waals surface area contributed by atoms with E-state index in [-0.39, 0.29) is 16.3 Å². The van der Waals surface area contributed by atoms with E-state index in [0.29, 0.717) is 12.0 Å². The van der Waals surface area contributed by atoms with Gasteiger partial charge in [0, 0.05) is 21.6 Å². The lowest BCUT2D eigenvalue weighted by molar-refractivity contribution is -0.134. The third kappa shape index (κ3) is 5.48. The third-order valence-electron chi connectivity index (χ3n) is 4.21. The normalized spacial score (nSPS) is 19.8. The molecule has 1 unspecified atom stereocenters. The molecule has 1 aromatic rings. The SMILES string of the molecule is CCCCCCC(=O)C(=O)C1=CCC(C)(Sc2ccccc2)C=C1. The Morgan fingerprint density at radius 1 is 1.12 bits per heavy atom. The third-order valence-corrected chi connectivity index (χ3v) is 5.49. The van der Waals surface area contributed by atoms with Gasteiger partial charge in [-0.15, -0.1) is 11.8 Å². The summed E-state index contributed by atoms with van der Waals surface area (Å²) in [5, 5.41) is 0. The second-order valence-electron chi connectivity index (χ2n) is 6.49. The van der Waals surface area contributed by atoms with Gasteiger partial charge in [-0.1, -0.05) is 62.6 Å². The van der Waals surface area contributed by atoms with Crippen LogP contribution in [-0.4, -0.2) is 16.3 Å². The highest BCUT2D eigenvalue weighted by atomic mass is 32.2. The average molecular weight is 343 g/mol. The van der Waals surface area contributed by atoms with E-state index >= 15 is 0 Å². The number of hydrogen-bond donors (Lipinski definition) is 0. The maximum absolute atomic E-state index is 12.3. The molecular weight excluding hydrogens is 316 g/mol. The maximum atomic E-state index is 12.3. The zero-order valence-corrected chi connectivity index (χ0v) is 15.4. The summed E-state index contributed by atoms with van der Waals surface area (Å²) in [5.74, 6) is -0.573. The van der Waals surface area contributed by atoms with Gasteiger partial charge in [0.25, 0.3) is 0 Å². The van der Waals surface area contributed by atoms with Gasteiger partial charge < -0.3 is 0 Å². The van der Waals surface area contributed by atoms with Crippen LogP contribution in [0.2, 0.25) is 0 Å². The van der Waals surface area contributed by atoms with Gasteiger partial charge in [-0.05, 0) is 31.9 Å². The summed E-state index contributed by atoms with van der Waals surface area (Å²) in [4.78, 5) is 25.5. The molecule has 0 spiro atoms.